The van der Waals surface area contributed by atoms with Gasteiger partial charge in [0.2, 0.25) is 21.8 Å². The Balaban J connectivity index is 1.44. The van der Waals surface area contributed by atoms with Crippen molar-refractivity contribution in [2.45, 2.75) is 48.0 Å². The van der Waals surface area contributed by atoms with E-state index in [1.54, 1.807) is 26.0 Å². The van der Waals surface area contributed by atoms with Gasteiger partial charge in [-0.1, -0.05) is 17.8 Å². The van der Waals surface area contributed by atoms with E-state index in [4.69, 9.17) is 9.15 Å². The molecule has 2 fully saturated rings. The van der Waals surface area contributed by atoms with E-state index in [0.717, 1.165) is 12.8 Å². The fourth-order valence-electron chi connectivity index (χ4n) is 3.09. The molecule has 2 heterocycles. The van der Waals surface area contributed by atoms with Crippen LogP contribution in [0.2, 0.25) is 0 Å². The number of nitrogens with zero attached hydrogens (tertiary/aromatic N) is 3. The fraction of sp³-hybridized carbons (Fsp3) is 0.526. The number of hydrogen-bond donors (Lipinski definition) is 1. The van der Waals surface area contributed by atoms with Gasteiger partial charge in [-0.3, -0.25) is 4.79 Å². The molecule has 162 valence electrons. The van der Waals surface area contributed by atoms with Crippen molar-refractivity contribution in [2.75, 3.05) is 31.6 Å². The zero-order valence-electron chi connectivity index (χ0n) is 16.8. The Morgan fingerprint density at radius 2 is 2.00 bits per heavy atom. The molecule has 1 N–H and O–H groups in total. The molecule has 0 bridgehead atoms. The Morgan fingerprint density at radius 3 is 2.70 bits per heavy atom. The molecule has 1 saturated heterocycles. The fourth-order valence-corrected chi connectivity index (χ4v) is 5.44. The predicted octanol–water partition coefficient (Wildman–Crippen LogP) is 2.40. The van der Waals surface area contributed by atoms with E-state index in [0.29, 0.717) is 54.6 Å². The number of hydrogen-bond acceptors (Lipinski definition) is 8. The molecule has 2 aliphatic rings. The third kappa shape index (κ3) is 4.69. The maximum absolute atomic E-state index is 13.0. The first kappa shape index (κ1) is 21.3. The molecule has 0 unspecified atom stereocenters. The van der Waals surface area contributed by atoms with E-state index in [-0.39, 0.29) is 10.8 Å². The number of morpholine rings is 1. The minimum Gasteiger partial charge on any atom is -0.416 e. The summed E-state index contributed by atoms with van der Waals surface area (Å²) in [4.78, 5) is 12.8. The zero-order chi connectivity index (χ0) is 21.3. The molecule has 1 atom stereocenters. The number of aromatic nitrogens is 2. The van der Waals surface area contributed by atoms with Crippen LogP contribution in [0.3, 0.4) is 0 Å². The molecule has 11 heteroatoms. The summed E-state index contributed by atoms with van der Waals surface area (Å²) in [6.45, 7) is 4.87. The lowest BCUT2D eigenvalue weighted by Gasteiger charge is -2.27. The molecule has 1 aromatic carbocycles. The van der Waals surface area contributed by atoms with Crippen LogP contribution in [0.5, 0.6) is 0 Å². The summed E-state index contributed by atoms with van der Waals surface area (Å²) in [5.74, 6) is 0.710. The van der Waals surface area contributed by atoms with Crippen molar-refractivity contribution in [2.24, 2.45) is 0 Å². The highest BCUT2D eigenvalue weighted by Crippen LogP contribution is 2.40. The standard InChI is InChI=1S/C19H24N4O5S2/c1-12-3-6-15(11-16(12)30(25,26)23-7-9-27-10-8-23)20-17(24)13(2)29-19-22-21-18(28-19)14-4-5-14/h3,6,11,13-14H,4-5,7-10H2,1-2H3,(H,20,24)/t13-/m1/s1. The first-order valence-electron chi connectivity index (χ1n) is 9.84. The number of rotatable bonds is 7. The van der Waals surface area contributed by atoms with Crippen LogP contribution in [-0.4, -0.2) is 60.4 Å². The highest BCUT2D eigenvalue weighted by Gasteiger charge is 2.30. The number of carbonyl (C=O) groups is 1. The molecule has 0 spiro atoms. The van der Waals surface area contributed by atoms with E-state index in [2.05, 4.69) is 15.5 Å². The first-order valence-corrected chi connectivity index (χ1v) is 12.2. The molecular formula is C19H24N4O5S2. The van der Waals surface area contributed by atoms with E-state index < -0.39 is 15.3 Å². The summed E-state index contributed by atoms with van der Waals surface area (Å²) in [6, 6.07) is 4.90. The molecule has 1 amide bonds. The van der Waals surface area contributed by atoms with Crippen molar-refractivity contribution in [1.82, 2.24) is 14.5 Å². The molecule has 2 aromatic rings. The van der Waals surface area contributed by atoms with Crippen LogP contribution in [0.15, 0.2) is 32.7 Å². The summed E-state index contributed by atoms with van der Waals surface area (Å²) < 4.78 is 38.3. The Bertz CT molecular complexity index is 1030. The number of ether oxygens (including phenoxy) is 1. The number of thioether (sulfide) groups is 1. The normalized spacial score (nSPS) is 18.9. The van der Waals surface area contributed by atoms with E-state index >= 15 is 0 Å². The number of aryl methyl sites for hydroxylation is 1. The van der Waals surface area contributed by atoms with Crippen molar-refractivity contribution in [3.05, 3.63) is 29.7 Å². The Morgan fingerprint density at radius 1 is 1.27 bits per heavy atom. The third-order valence-corrected chi connectivity index (χ3v) is 8.01. The monoisotopic (exact) mass is 452 g/mol. The van der Waals surface area contributed by atoms with Crippen molar-refractivity contribution >= 4 is 33.4 Å². The van der Waals surface area contributed by atoms with Gasteiger partial charge in [-0.15, -0.1) is 10.2 Å². The number of benzene rings is 1. The summed E-state index contributed by atoms with van der Waals surface area (Å²) in [5.41, 5.74) is 1.05. The highest BCUT2D eigenvalue weighted by molar-refractivity contribution is 8.00. The van der Waals surface area contributed by atoms with Crippen molar-refractivity contribution in [1.29, 1.82) is 0 Å². The van der Waals surface area contributed by atoms with Gasteiger partial charge in [-0.2, -0.15) is 4.31 Å². The highest BCUT2D eigenvalue weighted by atomic mass is 32.2. The molecule has 1 aliphatic carbocycles. The van der Waals surface area contributed by atoms with Crippen LogP contribution in [-0.2, 0) is 19.6 Å². The Kier molecular flexibility index (Phi) is 6.14. The molecular weight excluding hydrogens is 428 g/mol. The lowest BCUT2D eigenvalue weighted by molar-refractivity contribution is -0.115. The van der Waals surface area contributed by atoms with Crippen molar-refractivity contribution < 1.29 is 22.4 Å². The molecule has 1 saturated carbocycles. The minimum absolute atomic E-state index is 0.188. The second-order valence-corrected chi connectivity index (χ2v) is 10.6. The summed E-state index contributed by atoms with van der Waals surface area (Å²) in [5, 5.41) is 10.7. The van der Waals surface area contributed by atoms with Crippen LogP contribution in [0, 0.1) is 6.92 Å². The van der Waals surface area contributed by atoms with Gasteiger partial charge in [0.05, 0.1) is 23.4 Å². The lowest BCUT2D eigenvalue weighted by Crippen LogP contribution is -2.40. The number of amides is 1. The van der Waals surface area contributed by atoms with Crippen LogP contribution in [0.1, 0.15) is 37.1 Å². The molecule has 4 rings (SSSR count). The van der Waals surface area contributed by atoms with E-state index in [1.165, 1.54) is 22.1 Å². The van der Waals surface area contributed by atoms with Gasteiger partial charge in [0.15, 0.2) is 0 Å². The van der Waals surface area contributed by atoms with Gasteiger partial charge in [0.1, 0.15) is 0 Å². The summed E-state index contributed by atoms with van der Waals surface area (Å²) >= 11 is 1.18. The number of anilines is 1. The topological polar surface area (TPSA) is 115 Å². The van der Waals surface area contributed by atoms with Crippen LogP contribution in [0.4, 0.5) is 5.69 Å². The molecule has 9 nitrogen and oxygen atoms in total. The maximum atomic E-state index is 13.0. The second kappa shape index (κ2) is 8.66. The lowest BCUT2D eigenvalue weighted by atomic mass is 10.2. The van der Waals surface area contributed by atoms with E-state index in [9.17, 15) is 13.2 Å². The van der Waals surface area contributed by atoms with Crippen LogP contribution in [0.25, 0.3) is 0 Å². The van der Waals surface area contributed by atoms with Crippen molar-refractivity contribution in [3.63, 3.8) is 0 Å². The molecule has 0 radical (unpaired) electrons. The number of carbonyl (C=O) groups excluding carboxylic acids is 1. The van der Waals surface area contributed by atoms with Crippen molar-refractivity contribution in [3.8, 4) is 0 Å². The largest absolute Gasteiger partial charge is 0.416 e. The predicted molar refractivity (Wildman–Crippen MR) is 111 cm³/mol. The summed E-state index contributed by atoms with van der Waals surface area (Å²) in [6.07, 6.45) is 2.12. The maximum Gasteiger partial charge on any atom is 0.277 e. The number of nitrogens with one attached hydrogen (secondary N) is 1. The Hall–Kier alpha value is -1.95. The van der Waals surface area contributed by atoms with Gasteiger partial charge in [-0.05, 0) is 44.4 Å². The molecule has 30 heavy (non-hydrogen) atoms. The number of sulfonamides is 1. The Labute approximate surface area is 179 Å². The average Bonchev–Trinajstić information content (AvgIpc) is 3.49. The SMILES string of the molecule is Cc1ccc(NC(=O)[C@@H](C)Sc2nnc(C3CC3)o2)cc1S(=O)(=O)N1CCOCC1. The quantitative estimate of drug-likeness (QED) is 0.637. The minimum atomic E-state index is -3.66. The molecule has 1 aliphatic heterocycles. The van der Waals surface area contributed by atoms with E-state index in [1.807, 2.05) is 0 Å². The van der Waals surface area contributed by atoms with Gasteiger partial charge in [0.25, 0.3) is 5.22 Å². The van der Waals surface area contributed by atoms with Gasteiger partial charge in [0, 0.05) is 24.7 Å². The second-order valence-electron chi connectivity index (χ2n) is 7.43. The van der Waals surface area contributed by atoms with Gasteiger partial charge < -0.3 is 14.5 Å². The molecule has 1 aromatic heterocycles. The van der Waals surface area contributed by atoms with Crippen LogP contribution >= 0.6 is 11.8 Å². The van der Waals surface area contributed by atoms with Gasteiger partial charge in [-0.25, -0.2) is 8.42 Å². The summed E-state index contributed by atoms with van der Waals surface area (Å²) in [7, 11) is -3.66. The smallest absolute Gasteiger partial charge is 0.277 e. The van der Waals surface area contributed by atoms with Gasteiger partial charge >= 0.3 is 0 Å². The first-order chi connectivity index (χ1) is 14.3. The van der Waals surface area contributed by atoms with Crippen LogP contribution < -0.4 is 5.32 Å². The average molecular weight is 453 g/mol. The zero-order valence-corrected chi connectivity index (χ0v) is 18.5. The third-order valence-electron chi connectivity index (χ3n) is 5.04.